The van der Waals surface area contributed by atoms with E-state index in [9.17, 15) is 4.39 Å². The first kappa shape index (κ1) is 12.8. The fourth-order valence-electron chi connectivity index (χ4n) is 3.83. The predicted molar refractivity (Wildman–Crippen MR) is 68.2 cm³/mol. The van der Waals surface area contributed by atoms with E-state index >= 15 is 0 Å². The van der Waals surface area contributed by atoms with Gasteiger partial charge >= 0.3 is 0 Å². The minimum absolute atomic E-state index is 0.129. The highest BCUT2D eigenvalue weighted by Gasteiger charge is 2.43. The topological polar surface area (TPSA) is 36.5 Å². The van der Waals surface area contributed by atoms with E-state index in [1.165, 1.54) is 0 Å². The lowest BCUT2D eigenvalue weighted by molar-refractivity contribution is -0.0110. The smallest absolute Gasteiger partial charge is 0.107 e. The summed E-state index contributed by atoms with van der Waals surface area (Å²) in [5.41, 5.74) is 0. The third-order valence-electron chi connectivity index (χ3n) is 4.88. The van der Waals surface area contributed by atoms with Crippen LogP contribution in [0, 0.1) is 5.92 Å². The maximum absolute atomic E-state index is 14.3. The molecule has 0 spiro atoms. The molecule has 5 unspecified atom stereocenters. The summed E-state index contributed by atoms with van der Waals surface area (Å²) in [6, 6.07) is 0.380. The van der Waals surface area contributed by atoms with Crippen molar-refractivity contribution in [2.45, 2.75) is 43.7 Å². The van der Waals surface area contributed by atoms with E-state index in [0.29, 0.717) is 18.6 Å². The van der Waals surface area contributed by atoms with Crippen molar-refractivity contribution in [3.8, 4) is 0 Å². The van der Waals surface area contributed by atoms with Gasteiger partial charge in [0.2, 0.25) is 0 Å². The van der Waals surface area contributed by atoms with Crippen LogP contribution in [0.4, 0.5) is 4.39 Å². The van der Waals surface area contributed by atoms with Crippen molar-refractivity contribution in [1.29, 1.82) is 0 Å². The molecule has 2 saturated heterocycles. The molecule has 1 saturated carbocycles. The highest BCUT2D eigenvalue weighted by Crippen LogP contribution is 2.35. The summed E-state index contributed by atoms with van der Waals surface area (Å²) in [5, 5.41) is 6.91. The molecule has 3 rings (SSSR count). The van der Waals surface area contributed by atoms with Gasteiger partial charge in [-0.2, -0.15) is 0 Å². The molecule has 3 aliphatic rings. The number of alkyl halides is 1. The van der Waals surface area contributed by atoms with E-state index in [0.717, 1.165) is 39.0 Å². The quantitative estimate of drug-likeness (QED) is 0.748. The fraction of sp³-hybridized carbons (Fsp3) is 1.00. The average molecular weight is 257 g/mol. The van der Waals surface area contributed by atoms with E-state index in [1.807, 2.05) is 0 Å². The Labute approximate surface area is 108 Å². The van der Waals surface area contributed by atoms with Crippen LogP contribution in [0.3, 0.4) is 0 Å². The van der Waals surface area contributed by atoms with Crippen LogP contribution in [-0.4, -0.2) is 62.7 Å². The molecular formula is C13H24FN3O. The lowest BCUT2D eigenvalue weighted by atomic mass is 9.80. The molecule has 4 nitrogen and oxygen atoms in total. The van der Waals surface area contributed by atoms with Crippen LogP contribution in [0.1, 0.15) is 19.3 Å². The van der Waals surface area contributed by atoms with Gasteiger partial charge in [-0.05, 0) is 12.8 Å². The van der Waals surface area contributed by atoms with Crippen molar-refractivity contribution in [1.82, 2.24) is 15.5 Å². The number of rotatable bonds is 2. The summed E-state index contributed by atoms with van der Waals surface area (Å²) in [4.78, 5) is 2.47. The molecular weight excluding hydrogens is 233 g/mol. The average Bonchev–Trinajstić information content (AvgIpc) is 2.82. The molecule has 1 aliphatic carbocycles. The van der Waals surface area contributed by atoms with Crippen LogP contribution >= 0.6 is 0 Å². The largest absolute Gasteiger partial charge is 0.381 e. The Balaban J connectivity index is 1.64. The molecule has 104 valence electrons. The second-order valence-corrected chi connectivity index (χ2v) is 5.78. The molecule has 2 N–H and O–H groups in total. The van der Waals surface area contributed by atoms with Crippen molar-refractivity contribution >= 4 is 0 Å². The summed E-state index contributed by atoms with van der Waals surface area (Å²) < 4.78 is 19.6. The van der Waals surface area contributed by atoms with Crippen molar-refractivity contribution in [2.24, 2.45) is 5.92 Å². The monoisotopic (exact) mass is 257 g/mol. The van der Waals surface area contributed by atoms with E-state index in [1.54, 1.807) is 7.11 Å². The maximum atomic E-state index is 14.3. The number of ether oxygens (including phenoxy) is 1. The zero-order chi connectivity index (χ0) is 12.5. The Hall–Kier alpha value is -0.230. The second-order valence-electron chi connectivity index (χ2n) is 5.78. The van der Waals surface area contributed by atoms with Crippen LogP contribution in [0.25, 0.3) is 0 Å². The van der Waals surface area contributed by atoms with Gasteiger partial charge in [-0.1, -0.05) is 0 Å². The fourth-order valence-corrected chi connectivity index (χ4v) is 3.83. The first-order chi connectivity index (χ1) is 8.79. The summed E-state index contributed by atoms with van der Waals surface area (Å²) in [6.07, 6.45) is 2.39. The lowest BCUT2D eigenvalue weighted by Gasteiger charge is -2.40. The number of nitrogens with one attached hydrogen (secondary N) is 2. The molecule has 3 fully saturated rings. The number of fused-ring (bicyclic) bond motifs is 1. The summed E-state index contributed by atoms with van der Waals surface area (Å²) >= 11 is 0. The normalized spacial score (nSPS) is 46.0. The molecule has 0 aromatic carbocycles. The summed E-state index contributed by atoms with van der Waals surface area (Å²) in [7, 11) is 1.70. The highest BCUT2D eigenvalue weighted by molar-refractivity contribution is 4.98. The molecule has 18 heavy (non-hydrogen) atoms. The van der Waals surface area contributed by atoms with E-state index < -0.39 is 6.17 Å². The molecule has 0 amide bonds. The zero-order valence-electron chi connectivity index (χ0n) is 11.1. The number of hydrogen-bond donors (Lipinski definition) is 2. The Morgan fingerprint density at radius 2 is 2.17 bits per heavy atom. The van der Waals surface area contributed by atoms with E-state index in [-0.39, 0.29) is 12.0 Å². The predicted octanol–water partition coefficient (Wildman–Crippen LogP) is 0.343. The van der Waals surface area contributed by atoms with E-state index in [4.69, 9.17) is 4.74 Å². The molecule has 5 heteroatoms. The molecule has 0 aromatic heterocycles. The first-order valence-electron chi connectivity index (χ1n) is 7.16. The van der Waals surface area contributed by atoms with Crippen LogP contribution < -0.4 is 10.6 Å². The number of nitrogens with zero attached hydrogens (tertiary/aromatic N) is 1. The second kappa shape index (κ2) is 5.41. The SMILES string of the molecule is COC1CCC(C2CNC3CNCCN32)C(F)C1. The van der Waals surface area contributed by atoms with Gasteiger partial charge in [0.25, 0.3) is 0 Å². The van der Waals surface area contributed by atoms with Gasteiger partial charge in [-0.3, -0.25) is 10.2 Å². The Kier molecular flexibility index (Phi) is 3.84. The van der Waals surface area contributed by atoms with Crippen LogP contribution in [0.15, 0.2) is 0 Å². The van der Waals surface area contributed by atoms with Crippen molar-refractivity contribution in [3.63, 3.8) is 0 Å². The van der Waals surface area contributed by atoms with Gasteiger partial charge in [0.1, 0.15) is 6.17 Å². The van der Waals surface area contributed by atoms with Crippen LogP contribution in [-0.2, 0) is 4.74 Å². The molecule has 2 heterocycles. The van der Waals surface area contributed by atoms with Gasteiger partial charge in [-0.25, -0.2) is 4.39 Å². The van der Waals surface area contributed by atoms with Gasteiger partial charge in [0.15, 0.2) is 0 Å². The van der Waals surface area contributed by atoms with Crippen LogP contribution in [0.2, 0.25) is 0 Å². The third-order valence-corrected chi connectivity index (χ3v) is 4.88. The lowest BCUT2D eigenvalue weighted by Crippen LogP contribution is -2.55. The molecule has 2 aliphatic heterocycles. The summed E-state index contributed by atoms with van der Waals surface area (Å²) in [5.74, 6) is 0.187. The first-order valence-corrected chi connectivity index (χ1v) is 7.16. The zero-order valence-corrected chi connectivity index (χ0v) is 11.1. The summed E-state index contributed by atoms with van der Waals surface area (Å²) in [6.45, 7) is 3.99. The highest BCUT2D eigenvalue weighted by atomic mass is 19.1. The van der Waals surface area contributed by atoms with Gasteiger partial charge in [-0.15, -0.1) is 0 Å². The third kappa shape index (κ3) is 2.29. The number of hydrogen-bond acceptors (Lipinski definition) is 4. The van der Waals surface area contributed by atoms with Crippen molar-refractivity contribution in [2.75, 3.05) is 33.3 Å². The minimum atomic E-state index is -0.705. The number of piperazine rings is 1. The molecule has 0 bridgehead atoms. The maximum Gasteiger partial charge on any atom is 0.107 e. The number of halogens is 1. The van der Waals surface area contributed by atoms with E-state index in [2.05, 4.69) is 15.5 Å². The molecule has 5 atom stereocenters. The minimum Gasteiger partial charge on any atom is -0.381 e. The Bertz CT molecular complexity index is 291. The van der Waals surface area contributed by atoms with Crippen molar-refractivity contribution < 1.29 is 9.13 Å². The van der Waals surface area contributed by atoms with Gasteiger partial charge in [0.05, 0.1) is 12.3 Å². The number of methoxy groups -OCH3 is 1. The Morgan fingerprint density at radius 3 is 2.94 bits per heavy atom. The standard InChI is InChI=1S/C13H24FN3O/c1-18-9-2-3-10(11(14)6-9)12-7-16-13-8-15-4-5-17(12)13/h9-13,15-16H,2-8H2,1H3. The molecule has 0 aromatic rings. The Morgan fingerprint density at radius 1 is 1.28 bits per heavy atom. The van der Waals surface area contributed by atoms with Crippen LogP contribution in [0.5, 0.6) is 0 Å². The van der Waals surface area contributed by atoms with Crippen molar-refractivity contribution in [3.05, 3.63) is 0 Å². The van der Waals surface area contributed by atoms with Gasteiger partial charge < -0.3 is 10.1 Å². The van der Waals surface area contributed by atoms with Gasteiger partial charge in [0, 0.05) is 51.7 Å². The molecule has 0 radical (unpaired) electrons.